The maximum Gasteiger partial charge on any atom is 0.416 e. The lowest BCUT2D eigenvalue weighted by Crippen LogP contribution is -2.41. The minimum Gasteiger partial charge on any atom is -0.337 e. The molecule has 1 aromatic carbocycles. The number of carbonyl (C=O) groups is 2. The number of anilines is 1. The molecule has 0 saturated carbocycles. The molecule has 1 N–H and O–H groups in total. The van der Waals surface area contributed by atoms with Gasteiger partial charge in [0, 0.05) is 31.7 Å². The molecule has 1 saturated heterocycles. The third kappa shape index (κ3) is 5.86. The van der Waals surface area contributed by atoms with Crippen LogP contribution in [0.5, 0.6) is 0 Å². The molecule has 1 fully saturated rings. The first-order valence-electron chi connectivity index (χ1n) is 10.5. The number of amides is 2. The molecule has 0 spiro atoms. The second-order valence-corrected chi connectivity index (χ2v) is 7.91. The molecule has 1 atom stereocenters. The quantitative estimate of drug-likeness (QED) is 0.725. The Kier molecular flexibility index (Phi) is 7.02. The summed E-state index contributed by atoms with van der Waals surface area (Å²) >= 11 is 0. The Balaban J connectivity index is 1.51. The number of piperidine rings is 1. The molecule has 2 amide bonds. The number of hydrogen-bond acceptors (Lipinski definition) is 3. The van der Waals surface area contributed by atoms with Crippen molar-refractivity contribution in [3.8, 4) is 0 Å². The summed E-state index contributed by atoms with van der Waals surface area (Å²) in [6, 6.07) is 6.19. The van der Waals surface area contributed by atoms with Crippen molar-refractivity contribution < 1.29 is 22.8 Å². The van der Waals surface area contributed by atoms with Gasteiger partial charge in [-0.3, -0.25) is 14.3 Å². The molecule has 168 valence electrons. The summed E-state index contributed by atoms with van der Waals surface area (Å²) in [5.74, 6) is -0.0839. The molecule has 2 aromatic rings. The van der Waals surface area contributed by atoms with E-state index in [0.717, 1.165) is 30.7 Å². The molecule has 6 nitrogen and oxygen atoms in total. The first kappa shape index (κ1) is 22.8. The van der Waals surface area contributed by atoms with Gasteiger partial charge in [0.2, 0.25) is 5.91 Å². The van der Waals surface area contributed by atoms with Crippen LogP contribution in [-0.2, 0) is 17.5 Å². The number of nitrogens with zero attached hydrogens (tertiary/aromatic N) is 3. The lowest BCUT2D eigenvalue weighted by Gasteiger charge is -2.32. The predicted octanol–water partition coefficient (Wildman–Crippen LogP) is 4.50. The predicted molar refractivity (Wildman–Crippen MR) is 111 cm³/mol. The number of rotatable bonds is 6. The molecule has 0 radical (unpaired) electrons. The van der Waals surface area contributed by atoms with Crippen molar-refractivity contribution in [1.82, 2.24) is 14.7 Å². The fourth-order valence-corrected chi connectivity index (χ4v) is 3.91. The smallest absolute Gasteiger partial charge is 0.337 e. The maximum absolute atomic E-state index is 12.9. The van der Waals surface area contributed by atoms with Crippen molar-refractivity contribution in [2.75, 3.05) is 18.4 Å². The number of hydrogen-bond donors (Lipinski definition) is 1. The van der Waals surface area contributed by atoms with Crippen LogP contribution in [0.3, 0.4) is 0 Å². The SMILES string of the molecule is CCn1nc(C)cc1C(=O)N1CCC[C@@H](CCC(=O)Nc2ccc(C(F)(F)F)cc2)C1. The van der Waals surface area contributed by atoms with E-state index >= 15 is 0 Å². The Morgan fingerprint density at radius 1 is 1.23 bits per heavy atom. The van der Waals surface area contributed by atoms with E-state index in [-0.39, 0.29) is 24.2 Å². The number of alkyl halides is 3. The van der Waals surface area contributed by atoms with Crippen LogP contribution in [0.25, 0.3) is 0 Å². The van der Waals surface area contributed by atoms with E-state index in [1.807, 2.05) is 18.7 Å². The first-order valence-corrected chi connectivity index (χ1v) is 10.5. The van der Waals surface area contributed by atoms with Gasteiger partial charge in [-0.15, -0.1) is 0 Å². The summed E-state index contributed by atoms with van der Waals surface area (Å²) in [7, 11) is 0. The average Bonchev–Trinajstić information content (AvgIpc) is 3.12. The maximum atomic E-state index is 12.9. The molecule has 31 heavy (non-hydrogen) atoms. The molecule has 0 aliphatic carbocycles. The highest BCUT2D eigenvalue weighted by atomic mass is 19.4. The van der Waals surface area contributed by atoms with Crippen LogP contribution < -0.4 is 5.32 Å². The summed E-state index contributed by atoms with van der Waals surface area (Å²) in [5.41, 5.74) is 0.970. The Hall–Kier alpha value is -2.84. The highest BCUT2D eigenvalue weighted by Gasteiger charge is 2.30. The van der Waals surface area contributed by atoms with Gasteiger partial charge in [-0.2, -0.15) is 18.3 Å². The van der Waals surface area contributed by atoms with Gasteiger partial charge in [0.1, 0.15) is 5.69 Å². The van der Waals surface area contributed by atoms with E-state index in [1.165, 1.54) is 12.1 Å². The summed E-state index contributed by atoms with van der Waals surface area (Å²) in [6.45, 7) is 5.69. The van der Waals surface area contributed by atoms with Crippen LogP contribution in [-0.4, -0.2) is 39.6 Å². The molecule has 0 bridgehead atoms. The van der Waals surface area contributed by atoms with Crippen LogP contribution >= 0.6 is 0 Å². The van der Waals surface area contributed by atoms with E-state index < -0.39 is 11.7 Å². The number of aryl methyl sites for hydroxylation is 2. The number of aromatic nitrogens is 2. The van der Waals surface area contributed by atoms with Crippen LogP contribution in [0.2, 0.25) is 0 Å². The second-order valence-electron chi connectivity index (χ2n) is 7.91. The molecule has 9 heteroatoms. The number of likely N-dealkylation sites (tertiary alicyclic amines) is 1. The van der Waals surface area contributed by atoms with Crippen molar-refractivity contribution in [3.63, 3.8) is 0 Å². The van der Waals surface area contributed by atoms with Crippen LogP contribution in [0.15, 0.2) is 30.3 Å². The molecular weight excluding hydrogens is 409 g/mol. The van der Waals surface area contributed by atoms with E-state index in [1.54, 1.807) is 10.7 Å². The van der Waals surface area contributed by atoms with Gasteiger partial charge in [-0.1, -0.05) is 0 Å². The summed E-state index contributed by atoms with van der Waals surface area (Å²) in [5, 5.41) is 6.98. The van der Waals surface area contributed by atoms with Crippen molar-refractivity contribution in [2.24, 2.45) is 5.92 Å². The Morgan fingerprint density at radius 3 is 2.58 bits per heavy atom. The van der Waals surface area contributed by atoms with Gasteiger partial charge in [0.15, 0.2) is 0 Å². The van der Waals surface area contributed by atoms with Gasteiger partial charge < -0.3 is 10.2 Å². The summed E-state index contributed by atoms with van der Waals surface area (Å²) in [6.07, 6.45) is -1.73. The highest BCUT2D eigenvalue weighted by molar-refractivity contribution is 5.93. The Morgan fingerprint density at radius 2 is 1.94 bits per heavy atom. The van der Waals surface area contributed by atoms with E-state index in [0.29, 0.717) is 37.4 Å². The zero-order chi connectivity index (χ0) is 22.6. The topological polar surface area (TPSA) is 67.2 Å². The summed E-state index contributed by atoms with van der Waals surface area (Å²) in [4.78, 5) is 27.0. The van der Waals surface area contributed by atoms with Crippen LogP contribution in [0.1, 0.15) is 54.4 Å². The molecule has 1 aliphatic heterocycles. The lowest BCUT2D eigenvalue weighted by molar-refractivity contribution is -0.137. The fourth-order valence-electron chi connectivity index (χ4n) is 3.91. The Labute approximate surface area is 179 Å². The number of benzene rings is 1. The lowest BCUT2D eigenvalue weighted by atomic mass is 9.93. The Bertz CT molecular complexity index is 922. The van der Waals surface area contributed by atoms with Gasteiger partial charge in [0.05, 0.1) is 11.3 Å². The summed E-state index contributed by atoms with van der Waals surface area (Å²) < 4.78 is 39.6. The zero-order valence-corrected chi connectivity index (χ0v) is 17.7. The highest BCUT2D eigenvalue weighted by Crippen LogP contribution is 2.30. The largest absolute Gasteiger partial charge is 0.416 e. The number of halogens is 3. The second kappa shape index (κ2) is 9.53. The van der Waals surface area contributed by atoms with Gasteiger partial charge >= 0.3 is 6.18 Å². The number of carbonyl (C=O) groups excluding carboxylic acids is 2. The van der Waals surface area contributed by atoms with Gasteiger partial charge in [0.25, 0.3) is 5.91 Å². The monoisotopic (exact) mass is 436 g/mol. The molecule has 2 heterocycles. The molecule has 1 aromatic heterocycles. The van der Waals surface area contributed by atoms with Crippen molar-refractivity contribution >= 4 is 17.5 Å². The first-order chi connectivity index (χ1) is 14.7. The molecule has 3 rings (SSSR count). The van der Waals surface area contributed by atoms with E-state index in [4.69, 9.17) is 0 Å². The minimum atomic E-state index is -4.40. The van der Waals surface area contributed by atoms with Crippen LogP contribution in [0, 0.1) is 12.8 Å². The number of nitrogens with one attached hydrogen (secondary N) is 1. The normalized spacial score (nSPS) is 16.9. The van der Waals surface area contributed by atoms with Crippen LogP contribution in [0.4, 0.5) is 18.9 Å². The van der Waals surface area contributed by atoms with Crippen molar-refractivity contribution in [3.05, 3.63) is 47.3 Å². The van der Waals surface area contributed by atoms with Gasteiger partial charge in [-0.25, -0.2) is 0 Å². The van der Waals surface area contributed by atoms with Crippen molar-refractivity contribution in [2.45, 2.75) is 52.3 Å². The fraction of sp³-hybridized carbons (Fsp3) is 0.500. The average molecular weight is 436 g/mol. The minimum absolute atomic E-state index is 0.0404. The van der Waals surface area contributed by atoms with E-state index in [9.17, 15) is 22.8 Å². The molecule has 1 aliphatic rings. The van der Waals surface area contributed by atoms with Crippen molar-refractivity contribution in [1.29, 1.82) is 0 Å². The standard InChI is InChI=1S/C22H27F3N4O2/c1-3-29-19(13-15(2)27-29)21(31)28-12-4-5-16(14-28)6-11-20(30)26-18-9-7-17(8-10-18)22(23,24)25/h7-10,13,16H,3-6,11-12,14H2,1-2H3,(H,26,30)/t16-/m0/s1. The molecular formula is C22H27F3N4O2. The third-order valence-corrected chi connectivity index (χ3v) is 5.50. The van der Waals surface area contributed by atoms with Gasteiger partial charge in [-0.05, 0) is 69.4 Å². The van der Waals surface area contributed by atoms with E-state index in [2.05, 4.69) is 10.4 Å². The molecule has 0 unspecified atom stereocenters. The third-order valence-electron chi connectivity index (χ3n) is 5.50. The zero-order valence-electron chi connectivity index (χ0n) is 17.7.